The van der Waals surface area contributed by atoms with Gasteiger partial charge in [0.2, 0.25) is 0 Å². The normalized spacial score (nSPS) is 18.8. The molecule has 1 aromatic rings. The van der Waals surface area contributed by atoms with E-state index >= 15 is 0 Å². The van der Waals surface area contributed by atoms with Crippen molar-refractivity contribution in [2.24, 2.45) is 0 Å². The summed E-state index contributed by atoms with van der Waals surface area (Å²) in [4.78, 5) is 12.5. The minimum Gasteiger partial charge on any atom is -0.351 e. The fourth-order valence-electron chi connectivity index (χ4n) is 1.89. The number of hydrogen-bond donors (Lipinski definition) is 2. The first-order valence-electron chi connectivity index (χ1n) is 5.52. The van der Waals surface area contributed by atoms with Crippen molar-refractivity contribution in [2.75, 3.05) is 13.1 Å². The molecule has 0 unspecified atom stereocenters. The third-order valence-electron chi connectivity index (χ3n) is 2.74. The molecule has 17 heavy (non-hydrogen) atoms. The molecule has 1 amide bonds. The van der Waals surface area contributed by atoms with Crippen LogP contribution in [0.2, 0.25) is 0 Å². The summed E-state index contributed by atoms with van der Waals surface area (Å²) in [6.07, 6.45) is 3.52. The Morgan fingerprint density at radius 3 is 3.00 bits per heavy atom. The zero-order valence-corrected chi connectivity index (χ0v) is 12.6. The molecule has 1 aliphatic rings. The van der Waals surface area contributed by atoms with Crippen LogP contribution in [0.1, 0.15) is 28.9 Å². The minimum atomic E-state index is 0. The summed E-state index contributed by atoms with van der Waals surface area (Å²) >= 11 is 4.82. The third kappa shape index (κ3) is 4.58. The van der Waals surface area contributed by atoms with Crippen molar-refractivity contribution in [3.8, 4) is 0 Å². The molecule has 0 bridgehead atoms. The highest BCUT2D eigenvalue weighted by Gasteiger charge is 2.14. The maximum Gasteiger partial charge on any atom is 0.261 e. The molecule has 1 aromatic heterocycles. The Hall–Kier alpha value is -0.100. The summed E-state index contributed by atoms with van der Waals surface area (Å²) in [5.74, 6) is 0.0358. The highest BCUT2D eigenvalue weighted by Crippen LogP contribution is 2.21. The topological polar surface area (TPSA) is 41.1 Å². The van der Waals surface area contributed by atoms with Crippen molar-refractivity contribution >= 4 is 45.6 Å². The van der Waals surface area contributed by atoms with Crippen molar-refractivity contribution in [1.82, 2.24) is 10.6 Å². The van der Waals surface area contributed by atoms with Crippen LogP contribution in [0.5, 0.6) is 0 Å². The Labute approximate surface area is 120 Å². The van der Waals surface area contributed by atoms with E-state index in [9.17, 15) is 4.79 Å². The highest BCUT2D eigenvalue weighted by molar-refractivity contribution is 9.11. The van der Waals surface area contributed by atoms with Crippen LogP contribution in [0.3, 0.4) is 0 Å². The number of thiophene rings is 1. The number of carbonyl (C=O) groups is 1. The zero-order valence-electron chi connectivity index (χ0n) is 9.37. The van der Waals surface area contributed by atoms with Crippen molar-refractivity contribution in [1.29, 1.82) is 0 Å². The van der Waals surface area contributed by atoms with E-state index in [2.05, 4.69) is 26.6 Å². The molecule has 2 heterocycles. The van der Waals surface area contributed by atoms with Gasteiger partial charge in [0.15, 0.2) is 0 Å². The van der Waals surface area contributed by atoms with Crippen molar-refractivity contribution in [3.63, 3.8) is 0 Å². The van der Waals surface area contributed by atoms with E-state index < -0.39 is 0 Å². The molecule has 1 atom stereocenters. The van der Waals surface area contributed by atoms with Gasteiger partial charge in [0.25, 0.3) is 5.91 Å². The van der Waals surface area contributed by atoms with Gasteiger partial charge >= 0.3 is 0 Å². The summed E-state index contributed by atoms with van der Waals surface area (Å²) in [7, 11) is 0. The summed E-state index contributed by atoms with van der Waals surface area (Å²) in [6.45, 7) is 1.88. The van der Waals surface area contributed by atoms with Crippen molar-refractivity contribution in [2.45, 2.75) is 25.3 Å². The summed E-state index contributed by atoms with van der Waals surface area (Å²) in [6, 6.07) is 4.34. The average molecular weight is 340 g/mol. The smallest absolute Gasteiger partial charge is 0.261 e. The second-order valence-corrected chi connectivity index (χ2v) is 6.40. The molecule has 0 aliphatic carbocycles. The van der Waals surface area contributed by atoms with Gasteiger partial charge in [-0.3, -0.25) is 4.79 Å². The fraction of sp³-hybridized carbons (Fsp3) is 0.545. The van der Waals surface area contributed by atoms with Crippen LogP contribution in [0, 0.1) is 0 Å². The fourth-order valence-corrected chi connectivity index (χ4v) is 3.19. The first kappa shape index (κ1) is 15.0. The number of carbonyl (C=O) groups excluding carboxylic acids is 1. The summed E-state index contributed by atoms with van der Waals surface area (Å²) in [5, 5.41) is 6.37. The number of nitrogens with one attached hydrogen (secondary N) is 2. The molecule has 1 aliphatic heterocycles. The number of rotatable bonds is 4. The van der Waals surface area contributed by atoms with E-state index in [1.807, 2.05) is 12.1 Å². The third-order valence-corrected chi connectivity index (χ3v) is 4.36. The maximum absolute atomic E-state index is 11.7. The molecule has 2 N–H and O–H groups in total. The minimum absolute atomic E-state index is 0. The van der Waals surface area contributed by atoms with E-state index in [1.54, 1.807) is 0 Å². The molecule has 3 nitrogen and oxygen atoms in total. The van der Waals surface area contributed by atoms with Gasteiger partial charge in [-0.25, -0.2) is 0 Å². The predicted octanol–water partition coefficient (Wildman–Crippen LogP) is 2.80. The van der Waals surface area contributed by atoms with Gasteiger partial charge in [-0.15, -0.1) is 23.7 Å². The van der Waals surface area contributed by atoms with Gasteiger partial charge in [-0.1, -0.05) is 0 Å². The van der Waals surface area contributed by atoms with E-state index in [0.29, 0.717) is 6.04 Å². The largest absolute Gasteiger partial charge is 0.351 e. The number of amides is 1. The monoisotopic (exact) mass is 338 g/mol. The molecule has 0 saturated carbocycles. The lowest BCUT2D eigenvalue weighted by Crippen LogP contribution is -2.30. The molecule has 2 rings (SSSR count). The van der Waals surface area contributed by atoms with Crippen LogP contribution in [0.25, 0.3) is 0 Å². The molecule has 0 radical (unpaired) electrons. The molecule has 1 saturated heterocycles. The van der Waals surface area contributed by atoms with E-state index in [0.717, 1.165) is 28.2 Å². The highest BCUT2D eigenvalue weighted by atomic mass is 79.9. The van der Waals surface area contributed by atoms with Gasteiger partial charge in [-0.05, 0) is 53.9 Å². The maximum atomic E-state index is 11.7. The Bertz CT molecular complexity index is 366. The first-order chi connectivity index (χ1) is 7.75. The zero-order chi connectivity index (χ0) is 11.4. The second-order valence-electron chi connectivity index (χ2n) is 3.94. The molecular weight excluding hydrogens is 324 g/mol. The quantitative estimate of drug-likeness (QED) is 0.885. The van der Waals surface area contributed by atoms with Gasteiger partial charge in [0.05, 0.1) is 8.66 Å². The Kier molecular flexibility index (Phi) is 6.48. The molecular formula is C11H16BrClN2OS. The average Bonchev–Trinajstić information content (AvgIpc) is 2.89. The van der Waals surface area contributed by atoms with Gasteiger partial charge in [-0.2, -0.15) is 0 Å². The Morgan fingerprint density at radius 2 is 2.41 bits per heavy atom. The lowest BCUT2D eigenvalue weighted by molar-refractivity contribution is 0.0956. The van der Waals surface area contributed by atoms with E-state index in [4.69, 9.17) is 0 Å². The first-order valence-corrected chi connectivity index (χ1v) is 7.13. The van der Waals surface area contributed by atoms with Gasteiger partial charge in [0.1, 0.15) is 0 Å². The second kappa shape index (κ2) is 7.36. The van der Waals surface area contributed by atoms with Gasteiger partial charge in [0, 0.05) is 12.6 Å². The summed E-state index contributed by atoms with van der Waals surface area (Å²) in [5.41, 5.74) is 0. The predicted molar refractivity (Wildman–Crippen MR) is 77.2 cm³/mol. The molecule has 1 fully saturated rings. The molecule has 0 spiro atoms. The van der Waals surface area contributed by atoms with Crippen molar-refractivity contribution in [3.05, 3.63) is 20.8 Å². The number of halogens is 2. The van der Waals surface area contributed by atoms with Crippen LogP contribution in [0.4, 0.5) is 0 Å². The van der Waals surface area contributed by atoms with E-state index in [1.165, 1.54) is 24.2 Å². The van der Waals surface area contributed by atoms with Crippen LogP contribution in [-0.2, 0) is 0 Å². The Morgan fingerprint density at radius 1 is 1.59 bits per heavy atom. The van der Waals surface area contributed by atoms with Crippen LogP contribution < -0.4 is 10.6 Å². The molecule has 6 heteroatoms. The summed E-state index contributed by atoms with van der Waals surface area (Å²) < 4.78 is 0.995. The Balaban J connectivity index is 0.00000144. The molecule has 96 valence electrons. The van der Waals surface area contributed by atoms with Crippen LogP contribution in [0.15, 0.2) is 15.9 Å². The SMILES string of the molecule is Cl.O=C(NCC[C@H]1CCCN1)c1ccc(Br)s1. The number of hydrogen-bond acceptors (Lipinski definition) is 3. The van der Waals surface area contributed by atoms with Crippen LogP contribution >= 0.6 is 39.7 Å². The van der Waals surface area contributed by atoms with E-state index in [-0.39, 0.29) is 18.3 Å². The standard InChI is InChI=1S/C11H15BrN2OS.ClH/c12-10-4-3-9(16-10)11(15)14-7-5-8-2-1-6-13-8;/h3-4,8,13H,1-2,5-7H2,(H,14,15);1H/t8-;/m1./s1. The molecule has 0 aromatic carbocycles. The van der Waals surface area contributed by atoms with Crippen LogP contribution in [-0.4, -0.2) is 25.0 Å². The lowest BCUT2D eigenvalue weighted by atomic mass is 10.1. The lowest BCUT2D eigenvalue weighted by Gasteiger charge is -2.09. The van der Waals surface area contributed by atoms with Crippen molar-refractivity contribution < 1.29 is 4.79 Å². The van der Waals surface area contributed by atoms with Gasteiger partial charge < -0.3 is 10.6 Å².